The van der Waals surface area contributed by atoms with Gasteiger partial charge < -0.3 is 4.43 Å². The van der Waals surface area contributed by atoms with Crippen molar-refractivity contribution in [2.45, 2.75) is 143 Å². The van der Waals surface area contributed by atoms with Crippen LogP contribution in [0.25, 0.3) is 0 Å². The van der Waals surface area contributed by atoms with E-state index in [4.69, 9.17) is 4.43 Å². The van der Waals surface area contributed by atoms with Gasteiger partial charge in [0.05, 0.1) is 0 Å². The predicted octanol–water partition coefficient (Wildman–Crippen LogP) is 9.91. The third kappa shape index (κ3) is 6.66. The number of hydrogen-bond acceptors (Lipinski definition) is 2. The van der Waals surface area contributed by atoms with Gasteiger partial charge in [-0.05, 0) is 98.2 Å². The van der Waals surface area contributed by atoms with Crippen molar-refractivity contribution in [1.29, 1.82) is 0 Å². The number of carbonyl (C=O) groups excluding carboxylic acids is 1. The molecule has 0 aromatic carbocycles. The van der Waals surface area contributed by atoms with Crippen molar-refractivity contribution in [2.75, 3.05) is 0 Å². The Labute approximate surface area is 225 Å². The fourth-order valence-electron chi connectivity index (χ4n) is 7.41. The molecule has 3 rings (SSSR count). The van der Waals surface area contributed by atoms with E-state index in [9.17, 15) is 4.79 Å². The Balaban J connectivity index is 1.60. The summed E-state index contributed by atoms with van der Waals surface area (Å²) in [6, 6.07) is 0. The zero-order valence-corrected chi connectivity index (χ0v) is 26.3. The van der Waals surface area contributed by atoms with E-state index in [-0.39, 0.29) is 22.3 Å². The van der Waals surface area contributed by atoms with Crippen molar-refractivity contribution in [1.82, 2.24) is 0 Å². The van der Waals surface area contributed by atoms with Crippen LogP contribution in [0.3, 0.4) is 0 Å². The van der Waals surface area contributed by atoms with Crippen LogP contribution in [0.5, 0.6) is 0 Å². The molecule has 3 saturated carbocycles. The SMILES string of the molecule is C=C1CC[C@H](O[Si](C)(C)C(C)(C)C)C/C1=C/C[C@@H]1CC[C@]2(C)[C@@H]([C@H](C)CCCC(C)C)CC[C@H]2C1=O. The lowest BCUT2D eigenvalue weighted by Gasteiger charge is -2.44. The number of hydrogen-bond donors (Lipinski definition) is 0. The largest absolute Gasteiger partial charge is 0.414 e. The van der Waals surface area contributed by atoms with E-state index in [2.05, 4.69) is 74.2 Å². The molecule has 0 bridgehead atoms. The minimum absolute atomic E-state index is 0.208. The highest BCUT2D eigenvalue weighted by Gasteiger charge is 2.54. The maximum absolute atomic E-state index is 13.7. The molecule has 6 atom stereocenters. The van der Waals surface area contributed by atoms with Gasteiger partial charge in [-0.25, -0.2) is 0 Å². The van der Waals surface area contributed by atoms with E-state index < -0.39 is 8.32 Å². The summed E-state index contributed by atoms with van der Waals surface area (Å²) in [6.07, 6.45) is 15.4. The first-order valence-corrected chi connectivity index (χ1v) is 18.1. The van der Waals surface area contributed by atoms with Gasteiger partial charge in [-0.3, -0.25) is 4.79 Å². The molecule has 0 N–H and O–H groups in total. The molecule has 206 valence electrons. The second-order valence-electron chi connectivity index (χ2n) is 15.0. The fraction of sp³-hybridized carbons (Fsp3) is 0.848. The molecule has 3 fully saturated rings. The van der Waals surface area contributed by atoms with Crippen molar-refractivity contribution < 1.29 is 9.22 Å². The zero-order valence-electron chi connectivity index (χ0n) is 25.3. The van der Waals surface area contributed by atoms with Gasteiger partial charge in [0.15, 0.2) is 8.32 Å². The summed E-state index contributed by atoms with van der Waals surface area (Å²) in [7, 11) is -1.77. The van der Waals surface area contributed by atoms with E-state index in [0.29, 0.717) is 11.9 Å². The lowest BCUT2D eigenvalue weighted by molar-refractivity contribution is -0.135. The molecule has 3 aliphatic carbocycles. The third-order valence-electron chi connectivity index (χ3n) is 10.9. The smallest absolute Gasteiger partial charge is 0.192 e. The van der Waals surface area contributed by atoms with Gasteiger partial charge in [-0.2, -0.15) is 0 Å². The Morgan fingerprint density at radius 3 is 2.44 bits per heavy atom. The zero-order chi connectivity index (χ0) is 26.9. The maximum atomic E-state index is 13.7. The topological polar surface area (TPSA) is 26.3 Å². The lowest BCUT2D eigenvalue weighted by Crippen LogP contribution is -2.44. The van der Waals surface area contributed by atoms with Crippen LogP contribution in [0.1, 0.15) is 119 Å². The van der Waals surface area contributed by atoms with Gasteiger partial charge in [0, 0.05) is 17.9 Å². The Morgan fingerprint density at radius 2 is 1.81 bits per heavy atom. The molecular weight excluding hydrogens is 456 g/mol. The van der Waals surface area contributed by atoms with E-state index >= 15 is 0 Å². The summed E-state index contributed by atoms with van der Waals surface area (Å²) in [5.74, 6) is 3.34. The van der Waals surface area contributed by atoms with Crippen molar-refractivity contribution in [3.05, 3.63) is 23.8 Å². The minimum Gasteiger partial charge on any atom is -0.414 e. The highest BCUT2D eigenvalue weighted by molar-refractivity contribution is 6.74. The van der Waals surface area contributed by atoms with Crippen LogP contribution >= 0.6 is 0 Å². The monoisotopic (exact) mass is 514 g/mol. The van der Waals surface area contributed by atoms with Crippen molar-refractivity contribution in [3.63, 3.8) is 0 Å². The molecule has 0 spiro atoms. The summed E-state index contributed by atoms with van der Waals surface area (Å²) in [4.78, 5) is 13.7. The summed E-state index contributed by atoms with van der Waals surface area (Å²) in [5, 5.41) is 0.234. The maximum Gasteiger partial charge on any atom is 0.192 e. The van der Waals surface area contributed by atoms with Crippen LogP contribution < -0.4 is 0 Å². The van der Waals surface area contributed by atoms with E-state index in [1.54, 1.807) is 0 Å². The van der Waals surface area contributed by atoms with E-state index in [0.717, 1.165) is 56.3 Å². The first kappa shape index (κ1) is 29.9. The average Bonchev–Trinajstić information content (AvgIpc) is 3.12. The number of rotatable bonds is 9. The third-order valence-corrected chi connectivity index (χ3v) is 15.4. The van der Waals surface area contributed by atoms with Gasteiger partial charge in [0.2, 0.25) is 0 Å². The number of Topliss-reactive ketones (excluding diaryl/α,β-unsaturated/α-hetero) is 1. The summed E-state index contributed by atoms with van der Waals surface area (Å²) in [5.41, 5.74) is 2.87. The van der Waals surface area contributed by atoms with Crippen molar-refractivity contribution in [2.24, 2.45) is 35.0 Å². The molecule has 0 heterocycles. The van der Waals surface area contributed by atoms with Gasteiger partial charge in [-0.15, -0.1) is 0 Å². The molecule has 0 saturated heterocycles. The Kier molecular flexibility index (Phi) is 9.63. The van der Waals surface area contributed by atoms with Gasteiger partial charge in [0.1, 0.15) is 5.78 Å². The van der Waals surface area contributed by atoms with Crippen LogP contribution in [0.4, 0.5) is 0 Å². The minimum atomic E-state index is -1.77. The number of fused-ring (bicyclic) bond motifs is 1. The van der Waals surface area contributed by atoms with Crippen LogP contribution in [-0.2, 0) is 9.22 Å². The van der Waals surface area contributed by atoms with Gasteiger partial charge in [-0.1, -0.05) is 86.0 Å². The summed E-state index contributed by atoms with van der Waals surface area (Å²) < 4.78 is 6.77. The first-order chi connectivity index (χ1) is 16.7. The normalized spacial score (nSPS) is 33.9. The number of allylic oxidation sites excluding steroid dienone is 2. The Morgan fingerprint density at radius 1 is 1.11 bits per heavy atom. The molecule has 3 aliphatic rings. The molecule has 36 heavy (non-hydrogen) atoms. The standard InChI is InChI=1S/C33H58O2Si/c1-23(2)12-11-13-25(4)29-18-19-30-31(34)26(20-21-33(29,30)8)15-16-27-22-28(17-14-24(27)3)35-36(9,10)32(5,6)7/h16,23,25-26,28-30H,3,11-15,17-22H2,1-2,4-10H3/b27-16-/t25-,26-,28+,29-,30+,33-/m1/s1. The molecule has 0 amide bonds. The van der Waals surface area contributed by atoms with E-state index in [1.165, 1.54) is 43.3 Å². The van der Waals surface area contributed by atoms with E-state index in [1.807, 2.05) is 0 Å². The first-order valence-electron chi connectivity index (χ1n) is 15.2. The molecule has 3 heteroatoms. The summed E-state index contributed by atoms with van der Waals surface area (Å²) in [6.45, 7) is 25.7. The highest BCUT2D eigenvalue weighted by atomic mass is 28.4. The number of ketones is 1. The van der Waals surface area contributed by atoms with Crippen LogP contribution in [0.15, 0.2) is 23.8 Å². The fourth-order valence-corrected chi connectivity index (χ4v) is 8.80. The molecule has 2 nitrogen and oxygen atoms in total. The van der Waals surface area contributed by atoms with Gasteiger partial charge in [0.25, 0.3) is 0 Å². The highest BCUT2D eigenvalue weighted by Crippen LogP contribution is 2.58. The van der Waals surface area contributed by atoms with Crippen LogP contribution in [0.2, 0.25) is 18.1 Å². The predicted molar refractivity (Wildman–Crippen MR) is 158 cm³/mol. The Hall–Kier alpha value is -0.673. The molecule has 0 unspecified atom stereocenters. The summed E-state index contributed by atoms with van der Waals surface area (Å²) >= 11 is 0. The second-order valence-corrected chi connectivity index (χ2v) is 19.8. The quantitative estimate of drug-likeness (QED) is 0.286. The molecule has 0 aromatic heterocycles. The van der Waals surface area contributed by atoms with Crippen molar-refractivity contribution >= 4 is 14.1 Å². The second kappa shape index (κ2) is 11.6. The number of carbonyl (C=O) groups is 1. The average molecular weight is 515 g/mol. The molecule has 0 aromatic rings. The lowest BCUT2D eigenvalue weighted by atomic mass is 9.59. The molecule has 0 aliphatic heterocycles. The Bertz CT molecular complexity index is 816. The molecular formula is C33H58O2Si. The van der Waals surface area contributed by atoms with Crippen LogP contribution in [-0.4, -0.2) is 20.2 Å². The van der Waals surface area contributed by atoms with Gasteiger partial charge >= 0.3 is 0 Å². The van der Waals surface area contributed by atoms with Crippen molar-refractivity contribution in [3.8, 4) is 0 Å². The molecule has 0 radical (unpaired) electrons. The van der Waals surface area contributed by atoms with Crippen LogP contribution in [0, 0.1) is 35.0 Å².